The number of hydrogen-bond acceptors (Lipinski definition) is 7. The molecule has 0 amide bonds. The van der Waals surface area contributed by atoms with Crippen LogP contribution in [0.5, 0.6) is 0 Å². The Balaban J connectivity index is 1.25. The molecular formula is C53H59N3O6Si. The zero-order valence-corrected chi connectivity index (χ0v) is 37.5. The van der Waals surface area contributed by atoms with E-state index < -0.39 is 44.9 Å². The minimum absolute atomic E-state index is 0.168. The van der Waals surface area contributed by atoms with Crippen LogP contribution in [-0.2, 0) is 54.5 Å². The zero-order chi connectivity index (χ0) is 43.7. The quantitative estimate of drug-likeness (QED) is 0.0309. The summed E-state index contributed by atoms with van der Waals surface area (Å²) in [5.41, 5.74) is 14.2. The highest BCUT2D eigenvalue weighted by Crippen LogP contribution is 2.38. The number of benzene rings is 6. The molecule has 1 aliphatic heterocycles. The Bertz CT molecular complexity index is 2220. The molecule has 9 nitrogen and oxygen atoms in total. The summed E-state index contributed by atoms with van der Waals surface area (Å²) in [5.74, 6) is 0. The van der Waals surface area contributed by atoms with Crippen LogP contribution in [0.3, 0.4) is 0 Å². The van der Waals surface area contributed by atoms with Gasteiger partial charge in [0.1, 0.15) is 24.4 Å². The molecule has 6 atom stereocenters. The second-order valence-corrected chi connectivity index (χ2v) is 21.4. The summed E-state index contributed by atoms with van der Waals surface area (Å²) >= 11 is 0. The van der Waals surface area contributed by atoms with Crippen LogP contribution in [0.1, 0.15) is 49.4 Å². The maximum Gasteiger partial charge on any atom is 0.261 e. The van der Waals surface area contributed by atoms with E-state index in [0.29, 0.717) is 32.8 Å². The van der Waals surface area contributed by atoms with Crippen LogP contribution < -0.4 is 10.4 Å². The predicted octanol–water partition coefficient (Wildman–Crippen LogP) is 10.4. The van der Waals surface area contributed by atoms with Crippen LogP contribution in [0.15, 0.2) is 187 Å². The van der Waals surface area contributed by atoms with Crippen molar-refractivity contribution >= 4 is 18.7 Å². The Labute approximate surface area is 373 Å². The lowest BCUT2D eigenvalue weighted by Crippen LogP contribution is -2.67. The molecule has 1 saturated heterocycles. The van der Waals surface area contributed by atoms with E-state index in [4.69, 9.17) is 28.1 Å². The molecular weight excluding hydrogens is 803 g/mol. The molecule has 0 aliphatic carbocycles. The molecule has 6 aromatic rings. The normalized spacial score (nSPS) is 19.5. The van der Waals surface area contributed by atoms with E-state index in [-0.39, 0.29) is 18.3 Å². The molecule has 0 saturated carbocycles. The van der Waals surface area contributed by atoms with Crippen molar-refractivity contribution in [3.05, 3.63) is 215 Å². The first-order valence-electron chi connectivity index (χ1n) is 21.9. The Morgan fingerprint density at radius 1 is 0.540 bits per heavy atom. The van der Waals surface area contributed by atoms with Crippen LogP contribution in [0.2, 0.25) is 5.04 Å². The number of nitrogens with zero attached hydrogens (tertiary/aromatic N) is 3. The highest BCUT2D eigenvalue weighted by Gasteiger charge is 2.52. The number of ether oxygens (including phenoxy) is 5. The van der Waals surface area contributed by atoms with Gasteiger partial charge in [0.05, 0.1) is 45.2 Å². The van der Waals surface area contributed by atoms with E-state index in [1.807, 2.05) is 121 Å². The van der Waals surface area contributed by atoms with E-state index in [0.717, 1.165) is 32.6 Å². The molecule has 0 bridgehead atoms. The molecule has 63 heavy (non-hydrogen) atoms. The van der Waals surface area contributed by atoms with E-state index in [1.54, 1.807) is 0 Å². The lowest BCUT2D eigenvalue weighted by Gasteiger charge is -2.47. The van der Waals surface area contributed by atoms with Gasteiger partial charge >= 0.3 is 0 Å². The second kappa shape index (κ2) is 22.8. The largest absolute Gasteiger partial charge is 0.407 e. The highest BCUT2D eigenvalue weighted by atomic mass is 28.4. The third-order valence-electron chi connectivity index (χ3n) is 11.6. The first-order valence-corrected chi connectivity index (χ1v) is 23.8. The Morgan fingerprint density at radius 2 is 0.921 bits per heavy atom. The summed E-state index contributed by atoms with van der Waals surface area (Å²) in [5, 5.41) is 6.43. The van der Waals surface area contributed by atoms with E-state index in [1.165, 1.54) is 0 Å². The van der Waals surface area contributed by atoms with E-state index >= 15 is 0 Å². The Morgan fingerprint density at radius 3 is 1.33 bits per heavy atom. The fourth-order valence-electron chi connectivity index (χ4n) is 8.55. The molecule has 0 aromatic heterocycles. The van der Waals surface area contributed by atoms with Gasteiger partial charge in [0, 0.05) is 11.5 Å². The van der Waals surface area contributed by atoms with Gasteiger partial charge in [0.2, 0.25) is 0 Å². The van der Waals surface area contributed by atoms with Crippen molar-refractivity contribution in [2.24, 2.45) is 5.11 Å². The van der Waals surface area contributed by atoms with Crippen molar-refractivity contribution in [3.63, 3.8) is 0 Å². The fourth-order valence-corrected chi connectivity index (χ4v) is 13.1. The smallest absolute Gasteiger partial charge is 0.261 e. The molecule has 1 heterocycles. The van der Waals surface area contributed by atoms with Crippen molar-refractivity contribution in [3.8, 4) is 0 Å². The molecule has 0 spiro atoms. The molecule has 0 unspecified atom stereocenters. The molecule has 6 aromatic carbocycles. The number of azide groups is 1. The molecule has 0 radical (unpaired) electrons. The lowest BCUT2D eigenvalue weighted by atomic mass is 9.91. The van der Waals surface area contributed by atoms with Gasteiger partial charge in [-0.05, 0) is 49.6 Å². The summed E-state index contributed by atoms with van der Waals surface area (Å²) < 4.78 is 41.8. The average molecular weight is 862 g/mol. The first kappa shape index (κ1) is 45.6. The summed E-state index contributed by atoms with van der Waals surface area (Å²) in [4.78, 5) is 3.39. The van der Waals surface area contributed by atoms with Crippen molar-refractivity contribution in [1.82, 2.24) is 0 Å². The van der Waals surface area contributed by atoms with Gasteiger partial charge in [-0.1, -0.05) is 208 Å². The average Bonchev–Trinajstić information content (AvgIpc) is 3.32. The van der Waals surface area contributed by atoms with Crippen LogP contribution in [0.25, 0.3) is 10.4 Å². The van der Waals surface area contributed by atoms with Crippen LogP contribution in [-0.4, -0.2) is 58.1 Å². The maximum atomic E-state index is 10.1. The molecule has 326 valence electrons. The molecule has 10 heteroatoms. The fraction of sp³-hybridized carbons (Fsp3) is 0.321. The van der Waals surface area contributed by atoms with Crippen LogP contribution in [0, 0.1) is 0 Å². The summed E-state index contributed by atoms with van der Waals surface area (Å²) in [6.07, 6.45) is -2.70. The van der Waals surface area contributed by atoms with Crippen molar-refractivity contribution < 1.29 is 28.1 Å². The lowest BCUT2D eigenvalue weighted by molar-refractivity contribution is -0.274. The van der Waals surface area contributed by atoms with Crippen molar-refractivity contribution in [2.45, 2.75) is 95.2 Å². The van der Waals surface area contributed by atoms with Gasteiger partial charge < -0.3 is 28.1 Å². The van der Waals surface area contributed by atoms with Gasteiger partial charge in [-0.2, -0.15) is 0 Å². The third kappa shape index (κ3) is 12.2. The van der Waals surface area contributed by atoms with Gasteiger partial charge in [-0.25, -0.2) is 0 Å². The zero-order valence-electron chi connectivity index (χ0n) is 36.5. The van der Waals surface area contributed by atoms with Crippen molar-refractivity contribution in [2.75, 3.05) is 13.2 Å². The highest BCUT2D eigenvalue weighted by molar-refractivity contribution is 6.99. The van der Waals surface area contributed by atoms with Crippen molar-refractivity contribution in [1.29, 1.82) is 0 Å². The molecule has 7 rings (SSSR count). The minimum atomic E-state index is -2.98. The molecule has 1 aliphatic rings. The van der Waals surface area contributed by atoms with Crippen LogP contribution in [0.4, 0.5) is 0 Å². The number of hydrogen-bond donors (Lipinski definition) is 0. The molecule has 0 N–H and O–H groups in total. The Hall–Kier alpha value is -5.39. The van der Waals surface area contributed by atoms with E-state index in [2.05, 4.69) is 91.5 Å². The monoisotopic (exact) mass is 861 g/mol. The van der Waals surface area contributed by atoms with Gasteiger partial charge in [0.25, 0.3) is 8.32 Å². The third-order valence-corrected chi connectivity index (χ3v) is 16.6. The van der Waals surface area contributed by atoms with Gasteiger partial charge in [-0.15, -0.1) is 0 Å². The predicted molar refractivity (Wildman–Crippen MR) is 251 cm³/mol. The van der Waals surface area contributed by atoms with E-state index in [9.17, 15) is 5.53 Å². The first-order chi connectivity index (χ1) is 30.8. The number of rotatable bonds is 21. The maximum absolute atomic E-state index is 10.1. The van der Waals surface area contributed by atoms with Crippen LogP contribution >= 0.6 is 0 Å². The molecule has 1 fully saturated rings. The minimum Gasteiger partial charge on any atom is -0.407 e. The second-order valence-electron chi connectivity index (χ2n) is 17.1. The summed E-state index contributed by atoms with van der Waals surface area (Å²) in [7, 11) is -2.98. The summed E-state index contributed by atoms with van der Waals surface area (Å²) in [6.45, 7) is 8.47. The summed E-state index contributed by atoms with van der Waals surface area (Å²) in [6, 6.07) is 60.8. The van der Waals surface area contributed by atoms with Gasteiger partial charge in [0.15, 0.2) is 0 Å². The SMILES string of the molecule is CC(C)(C)[Si](OC[C@H](C[C@@H]1O[C@H](COCc2ccccc2)[C@H](OCc2ccccc2)[C@H](OCc2ccccc2)[C@H]1OCc1ccccc1)N=[N+]=[N-])(c1ccccc1)c1ccccc1. The standard InChI is InChI=1S/C53H59N3O6Si/c1-53(2,3)63(46-30-18-8-19-31-46,47-32-20-9-21-33-47)61-39-45(55-56-54)34-48-50(58-36-42-24-12-5-13-25-42)52(60-38-44-28-16-7-17-29-44)51(59-37-43-26-14-6-15-27-43)49(62-48)40-57-35-41-22-10-4-11-23-41/h4-33,45,48-52H,34-40H2,1-3H3/t45-,48-,49+,50-,51-,52+/m0/s1. The topological polar surface area (TPSA) is 104 Å². The van der Waals surface area contributed by atoms with Gasteiger partial charge in [-0.3, -0.25) is 0 Å². The Kier molecular flexibility index (Phi) is 16.5.